The third-order valence-corrected chi connectivity index (χ3v) is 6.47. The van der Waals surface area contributed by atoms with Gasteiger partial charge in [-0.3, -0.25) is 4.79 Å². The summed E-state index contributed by atoms with van der Waals surface area (Å²) in [6.45, 7) is 4.32. The Hall–Kier alpha value is -0.530. The first-order valence-electron chi connectivity index (χ1n) is 8.40. The van der Waals surface area contributed by atoms with Gasteiger partial charge in [-0.15, -0.1) is 0 Å². The highest BCUT2D eigenvalue weighted by molar-refractivity contribution is 5.77. The van der Waals surface area contributed by atoms with E-state index in [0.29, 0.717) is 11.3 Å². The van der Waals surface area contributed by atoms with Crippen LogP contribution in [0.2, 0.25) is 0 Å². The molecule has 1 saturated heterocycles. The van der Waals surface area contributed by atoms with E-state index in [0.717, 1.165) is 43.2 Å². The molecule has 5 fully saturated rings. The largest absolute Gasteiger partial charge is 0.342 e. The second-order valence-electron chi connectivity index (χ2n) is 8.33. The fourth-order valence-electron chi connectivity index (χ4n) is 6.10. The summed E-state index contributed by atoms with van der Waals surface area (Å²) in [5.74, 6) is 4.11. The van der Waals surface area contributed by atoms with Gasteiger partial charge in [0.2, 0.25) is 5.91 Å². The minimum absolute atomic E-state index is 0.428. The van der Waals surface area contributed by atoms with Crippen LogP contribution in [0.1, 0.15) is 58.3 Å². The zero-order chi connectivity index (χ0) is 13.0. The molecule has 0 N–H and O–H groups in total. The number of hydrogen-bond acceptors (Lipinski definition) is 1. The maximum atomic E-state index is 12.6. The molecule has 2 heteroatoms. The average molecular weight is 261 g/mol. The van der Waals surface area contributed by atoms with Crippen LogP contribution in [0, 0.1) is 29.1 Å². The molecule has 106 valence electrons. The molecule has 0 aromatic carbocycles. The zero-order valence-electron chi connectivity index (χ0n) is 12.2. The predicted molar refractivity (Wildman–Crippen MR) is 75.6 cm³/mol. The lowest BCUT2D eigenvalue weighted by Crippen LogP contribution is -2.48. The Bertz CT molecular complexity index is 353. The second kappa shape index (κ2) is 4.23. The van der Waals surface area contributed by atoms with Crippen molar-refractivity contribution in [2.24, 2.45) is 29.1 Å². The molecule has 2 nitrogen and oxygen atoms in total. The quantitative estimate of drug-likeness (QED) is 0.745. The first kappa shape index (κ1) is 12.2. The van der Waals surface area contributed by atoms with Gasteiger partial charge in [-0.2, -0.15) is 0 Å². The van der Waals surface area contributed by atoms with Crippen molar-refractivity contribution in [2.45, 2.75) is 58.3 Å². The Morgan fingerprint density at radius 3 is 2.16 bits per heavy atom. The normalized spacial score (nSPS) is 47.9. The van der Waals surface area contributed by atoms with Crippen molar-refractivity contribution < 1.29 is 4.79 Å². The summed E-state index contributed by atoms with van der Waals surface area (Å²) in [5, 5.41) is 0. The molecule has 1 unspecified atom stereocenters. The number of hydrogen-bond donors (Lipinski definition) is 0. The Kier molecular flexibility index (Phi) is 2.72. The van der Waals surface area contributed by atoms with Gasteiger partial charge in [-0.25, -0.2) is 0 Å². The number of carbonyl (C=O) groups is 1. The lowest BCUT2D eigenvalue weighted by molar-refractivity contribution is -0.138. The first-order chi connectivity index (χ1) is 9.12. The molecule has 5 aliphatic rings. The zero-order valence-corrected chi connectivity index (χ0v) is 12.2. The number of carbonyl (C=O) groups excluding carboxylic acids is 1. The van der Waals surface area contributed by atoms with Crippen molar-refractivity contribution in [1.82, 2.24) is 4.90 Å². The third kappa shape index (κ3) is 2.11. The average Bonchev–Trinajstić information content (AvgIpc) is 2.73. The SMILES string of the molecule is CC1CCN(C(=O)CC23CC4CC(CC(C4)C2)C3)C1. The van der Waals surface area contributed by atoms with Crippen LogP contribution in [0.25, 0.3) is 0 Å². The van der Waals surface area contributed by atoms with E-state index in [2.05, 4.69) is 11.8 Å². The van der Waals surface area contributed by atoms with Crippen LogP contribution in [0.4, 0.5) is 0 Å². The van der Waals surface area contributed by atoms with Gasteiger partial charge in [-0.1, -0.05) is 6.92 Å². The highest BCUT2D eigenvalue weighted by Gasteiger charge is 2.51. The summed E-state index contributed by atoms with van der Waals surface area (Å²) in [6.07, 6.45) is 10.6. The standard InChI is InChI=1S/C17H27NO/c1-12-2-3-18(11-12)16(19)10-17-7-13-4-14(8-17)6-15(5-13)9-17/h12-15H,2-11H2,1H3. The van der Waals surface area contributed by atoms with Crippen LogP contribution in [0.15, 0.2) is 0 Å². The van der Waals surface area contributed by atoms with Crippen molar-refractivity contribution in [1.29, 1.82) is 0 Å². The molecule has 19 heavy (non-hydrogen) atoms. The molecule has 4 bridgehead atoms. The number of likely N-dealkylation sites (tertiary alicyclic amines) is 1. The maximum absolute atomic E-state index is 12.6. The van der Waals surface area contributed by atoms with E-state index in [4.69, 9.17) is 0 Å². The van der Waals surface area contributed by atoms with Crippen LogP contribution in [-0.2, 0) is 4.79 Å². The van der Waals surface area contributed by atoms with E-state index in [1.165, 1.54) is 44.9 Å². The molecule has 1 heterocycles. The van der Waals surface area contributed by atoms with Crippen molar-refractivity contribution in [3.05, 3.63) is 0 Å². The maximum Gasteiger partial charge on any atom is 0.223 e. The Labute approximate surface area is 116 Å². The minimum atomic E-state index is 0.428. The van der Waals surface area contributed by atoms with Crippen LogP contribution in [0.3, 0.4) is 0 Å². The smallest absolute Gasteiger partial charge is 0.223 e. The lowest BCUT2D eigenvalue weighted by atomic mass is 9.49. The van der Waals surface area contributed by atoms with Crippen LogP contribution < -0.4 is 0 Å². The molecule has 0 aromatic rings. The van der Waals surface area contributed by atoms with E-state index in [1.54, 1.807) is 0 Å². The molecule has 1 aliphatic heterocycles. The summed E-state index contributed by atoms with van der Waals surface area (Å²) in [6, 6.07) is 0. The van der Waals surface area contributed by atoms with Gasteiger partial charge in [0.1, 0.15) is 0 Å². The van der Waals surface area contributed by atoms with E-state index in [9.17, 15) is 4.79 Å². The highest BCUT2D eigenvalue weighted by atomic mass is 16.2. The number of amides is 1. The van der Waals surface area contributed by atoms with E-state index < -0.39 is 0 Å². The molecule has 4 aliphatic carbocycles. The monoisotopic (exact) mass is 261 g/mol. The van der Waals surface area contributed by atoms with Crippen LogP contribution in [-0.4, -0.2) is 23.9 Å². The lowest BCUT2D eigenvalue weighted by Gasteiger charge is -2.56. The predicted octanol–water partition coefficient (Wildman–Crippen LogP) is 3.46. The minimum Gasteiger partial charge on any atom is -0.342 e. The fourth-order valence-corrected chi connectivity index (χ4v) is 6.10. The van der Waals surface area contributed by atoms with Crippen LogP contribution >= 0.6 is 0 Å². The van der Waals surface area contributed by atoms with Crippen molar-refractivity contribution >= 4 is 5.91 Å². The fraction of sp³-hybridized carbons (Fsp3) is 0.941. The second-order valence-corrected chi connectivity index (χ2v) is 8.33. The van der Waals surface area contributed by atoms with E-state index >= 15 is 0 Å². The molecule has 1 atom stereocenters. The Morgan fingerprint density at radius 1 is 1.11 bits per heavy atom. The third-order valence-electron chi connectivity index (χ3n) is 6.47. The van der Waals surface area contributed by atoms with Gasteiger partial charge in [0.25, 0.3) is 0 Å². The summed E-state index contributed by atoms with van der Waals surface area (Å²) >= 11 is 0. The molecule has 1 amide bonds. The summed E-state index contributed by atoms with van der Waals surface area (Å²) < 4.78 is 0. The van der Waals surface area contributed by atoms with Crippen LogP contribution in [0.5, 0.6) is 0 Å². The first-order valence-corrected chi connectivity index (χ1v) is 8.40. The van der Waals surface area contributed by atoms with Gasteiger partial charge in [0.15, 0.2) is 0 Å². The molecule has 0 aromatic heterocycles. The Morgan fingerprint density at radius 2 is 1.68 bits per heavy atom. The number of nitrogens with zero attached hydrogens (tertiary/aromatic N) is 1. The molecule has 0 radical (unpaired) electrons. The van der Waals surface area contributed by atoms with Gasteiger partial charge in [0.05, 0.1) is 0 Å². The van der Waals surface area contributed by atoms with E-state index in [1.807, 2.05) is 0 Å². The van der Waals surface area contributed by atoms with Crippen molar-refractivity contribution in [3.63, 3.8) is 0 Å². The van der Waals surface area contributed by atoms with Gasteiger partial charge >= 0.3 is 0 Å². The van der Waals surface area contributed by atoms with Gasteiger partial charge in [0, 0.05) is 19.5 Å². The van der Waals surface area contributed by atoms with Crippen molar-refractivity contribution in [2.75, 3.05) is 13.1 Å². The molecule has 4 saturated carbocycles. The molecular weight excluding hydrogens is 234 g/mol. The van der Waals surface area contributed by atoms with Gasteiger partial charge < -0.3 is 4.90 Å². The Balaban J connectivity index is 1.46. The van der Waals surface area contributed by atoms with Gasteiger partial charge in [-0.05, 0) is 74.0 Å². The van der Waals surface area contributed by atoms with Crippen molar-refractivity contribution in [3.8, 4) is 0 Å². The number of rotatable bonds is 2. The molecular formula is C17H27NO. The molecule has 0 spiro atoms. The van der Waals surface area contributed by atoms with E-state index in [-0.39, 0.29) is 0 Å². The highest BCUT2D eigenvalue weighted by Crippen LogP contribution is 2.61. The summed E-state index contributed by atoms with van der Waals surface area (Å²) in [7, 11) is 0. The molecule has 5 rings (SSSR count). The topological polar surface area (TPSA) is 20.3 Å². The summed E-state index contributed by atoms with van der Waals surface area (Å²) in [4.78, 5) is 14.8. The summed E-state index contributed by atoms with van der Waals surface area (Å²) in [5.41, 5.74) is 0.428.